The maximum Gasteiger partial charge on any atom is 0.481 e. The molecule has 1 aromatic carbocycles. The van der Waals surface area contributed by atoms with Crippen molar-refractivity contribution >= 4 is 37.8 Å². The number of H-pyrrole nitrogens is 2. The molecule has 0 aliphatic heterocycles. The molecule has 0 spiro atoms. The summed E-state index contributed by atoms with van der Waals surface area (Å²) in [5, 5.41) is 31.0. The molecule has 4 atom stereocenters. The molecule has 18 heteroatoms. The number of hydrogen-bond acceptors (Lipinski definition) is 10. The number of phosphoric acid groups is 2. The van der Waals surface area contributed by atoms with Gasteiger partial charge in [0.1, 0.15) is 30.4 Å². The number of rotatable bonds is 9. The van der Waals surface area contributed by atoms with Gasteiger partial charge < -0.3 is 30.0 Å². The summed E-state index contributed by atoms with van der Waals surface area (Å²) in [4.78, 5) is 59.4. The molecule has 2 aromatic heterocycles. The fourth-order valence-corrected chi connectivity index (χ4v) is 4.87. The third-order valence-electron chi connectivity index (χ3n) is 5.06. The summed E-state index contributed by atoms with van der Waals surface area (Å²) in [5.74, 6) is 0. The maximum absolute atomic E-state index is 12.3. The highest BCUT2D eigenvalue weighted by Crippen LogP contribution is 2.57. The van der Waals surface area contributed by atoms with Gasteiger partial charge in [0.25, 0.3) is 5.56 Å². The Balaban J connectivity index is 1.94. The molecule has 3 rings (SSSR count). The van der Waals surface area contributed by atoms with Crippen LogP contribution in [-0.2, 0) is 24.5 Å². The molecule has 0 amide bonds. The lowest BCUT2D eigenvalue weighted by molar-refractivity contribution is -0.657. The molecular formula is C17H23N4O12P2+. The van der Waals surface area contributed by atoms with Gasteiger partial charge in [-0.3, -0.25) is 14.3 Å². The first-order valence-corrected chi connectivity index (χ1v) is 12.9. The van der Waals surface area contributed by atoms with Crippen molar-refractivity contribution in [3.05, 3.63) is 44.1 Å². The van der Waals surface area contributed by atoms with Crippen LogP contribution >= 0.6 is 15.6 Å². The van der Waals surface area contributed by atoms with Gasteiger partial charge >= 0.3 is 27.0 Å². The van der Waals surface area contributed by atoms with E-state index >= 15 is 0 Å². The van der Waals surface area contributed by atoms with E-state index in [1.165, 1.54) is 4.57 Å². The Kier molecular flexibility index (Phi) is 7.74. The van der Waals surface area contributed by atoms with Crippen molar-refractivity contribution in [3.63, 3.8) is 0 Å². The average Bonchev–Trinajstić information content (AvgIpc) is 2.71. The molecule has 0 radical (unpaired) electrons. The molecular weight excluding hydrogens is 514 g/mol. The summed E-state index contributed by atoms with van der Waals surface area (Å²) in [7, 11) is -10.7. The lowest BCUT2D eigenvalue weighted by Gasteiger charge is -2.23. The zero-order valence-electron chi connectivity index (χ0n) is 18.2. The highest BCUT2D eigenvalue weighted by atomic mass is 31.3. The van der Waals surface area contributed by atoms with Crippen molar-refractivity contribution in [1.29, 1.82) is 0 Å². The van der Waals surface area contributed by atoms with Crippen LogP contribution in [0, 0.1) is 13.8 Å². The summed E-state index contributed by atoms with van der Waals surface area (Å²) < 4.78 is 31.3. The van der Waals surface area contributed by atoms with Crippen LogP contribution in [0.4, 0.5) is 0 Å². The number of aliphatic hydroxyl groups excluding tert-OH is 3. The van der Waals surface area contributed by atoms with E-state index in [-0.39, 0.29) is 11.2 Å². The molecule has 0 saturated heterocycles. The standard InChI is InChI=1S/C17H22N4O12P2/c1-7-3-9-10(4-8(7)2)21(15-13(18-9)16(25)20-17(26)19-15)5-11(22)14(24)12(23)6-32-35(30,31)33-34(27,28)29/h3-4,11-12,14,22-24H,5-6H2,1-2H3,(H4,20,25,26,27,28,29,30,31)/p+1. The monoisotopic (exact) mass is 537 g/mol. The van der Waals surface area contributed by atoms with E-state index < -0.39 is 58.4 Å². The average molecular weight is 537 g/mol. The highest BCUT2D eigenvalue weighted by molar-refractivity contribution is 7.60. The molecule has 0 saturated carbocycles. The lowest BCUT2D eigenvalue weighted by atomic mass is 10.1. The van der Waals surface area contributed by atoms with E-state index in [1.807, 2.05) is 11.9 Å². The van der Waals surface area contributed by atoms with Crippen molar-refractivity contribution < 1.29 is 52.5 Å². The Bertz CT molecular complexity index is 1480. The maximum atomic E-state index is 12.3. The van der Waals surface area contributed by atoms with Gasteiger partial charge in [-0.15, -0.1) is 0 Å². The normalized spacial score (nSPS) is 16.8. The zero-order valence-corrected chi connectivity index (χ0v) is 20.0. The number of phosphoric ester groups is 1. The van der Waals surface area contributed by atoms with Crippen LogP contribution in [-0.4, -0.2) is 69.9 Å². The van der Waals surface area contributed by atoms with E-state index in [9.17, 15) is 38.9 Å². The molecule has 4 unspecified atom stereocenters. The Morgan fingerprint density at radius 2 is 1.66 bits per heavy atom. The van der Waals surface area contributed by atoms with Gasteiger partial charge in [-0.1, -0.05) is 0 Å². The van der Waals surface area contributed by atoms with Gasteiger partial charge in [-0.2, -0.15) is 9.29 Å². The Morgan fingerprint density at radius 3 is 2.29 bits per heavy atom. The summed E-state index contributed by atoms with van der Waals surface area (Å²) in [6.45, 7) is 1.96. The number of aromatic amines is 2. The molecule has 8 N–H and O–H groups in total. The van der Waals surface area contributed by atoms with Gasteiger partial charge in [0, 0.05) is 0 Å². The minimum atomic E-state index is -5.40. The number of nitrogens with zero attached hydrogens (tertiary/aromatic N) is 2. The third-order valence-corrected chi connectivity index (χ3v) is 7.21. The fourth-order valence-electron chi connectivity index (χ4n) is 3.27. The van der Waals surface area contributed by atoms with E-state index in [4.69, 9.17) is 9.79 Å². The number of aliphatic hydroxyl groups is 3. The molecule has 16 nitrogen and oxygen atoms in total. The van der Waals surface area contributed by atoms with Gasteiger partial charge in [-0.25, -0.2) is 23.5 Å². The first-order valence-electron chi connectivity index (χ1n) is 9.83. The van der Waals surface area contributed by atoms with E-state index in [1.54, 1.807) is 19.1 Å². The van der Waals surface area contributed by atoms with Crippen molar-refractivity contribution in [3.8, 4) is 0 Å². The Morgan fingerprint density at radius 1 is 1.03 bits per heavy atom. The molecule has 35 heavy (non-hydrogen) atoms. The van der Waals surface area contributed by atoms with Gasteiger partial charge in [0.15, 0.2) is 5.52 Å². The molecule has 2 heterocycles. The molecule has 3 aromatic rings. The van der Waals surface area contributed by atoms with E-state index in [2.05, 4.69) is 18.8 Å². The quantitative estimate of drug-likeness (QED) is 0.0834. The lowest BCUT2D eigenvalue weighted by Crippen LogP contribution is -2.51. The largest absolute Gasteiger partial charge is 0.481 e. The molecule has 0 aliphatic rings. The molecule has 0 bridgehead atoms. The van der Waals surface area contributed by atoms with Crippen molar-refractivity contribution in [1.82, 2.24) is 15.0 Å². The van der Waals surface area contributed by atoms with Gasteiger partial charge in [-0.05, 0) is 37.1 Å². The van der Waals surface area contributed by atoms with Gasteiger partial charge in [0.2, 0.25) is 5.52 Å². The minimum absolute atomic E-state index is 0.0820. The number of nitrogens with one attached hydrogen (secondary N) is 2. The number of aryl methyl sites for hydroxylation is 2. The van der Waals surface area contributed by atoms with E-state index in [0.29, 0.717) is 11.0 Å². The van der Waals surface area contributed by atoms with Crippen LogP contribution in [0.2, 0.25) is 0 Å². The number of aromatic nitrogens is 4. The topological polar surface area (TPSA) is 256 Å². The summed E-state index contributed by atoms with van der Waals surface area (Å²) in [5.41, 5.74) is 0.456. The van der Waals surface area contributed by atoms with Crippen LogP contribution in [0.15, 0.2) is 21.7 Å². The fraction of sp³-hybridized carbons (Fsp3) is 0.412. The first-order chi connectivity index (χ1) is 16.1. The van der Waals surface area contributed by atoms with Crippen LogP contribution in [0.1, 0.15) is 11.1 Å². The summed E-state index contributed by atoms with van der Waals surface area (Å²) >= 11 is 0. The zero-order chi connectivity index (χ0) is 26.3. The number of fused-ring (bicyclic) bond motifs is 2. The van der Waals surface area contributed by atoms with Crippen LogP contribution in [0.5, 0.6) is 0 Å². The van der Waals surface area contributed by atoms with Crippen LogP contribution in [0.25, 0.3) is 22.2 Å². The SMILES string of the molecule is Cc1cc2nc3c(=O)[nH]c(=O)[nH]c3[n+](CC(O)C(O)C(O)COP(=O)(O)OP(=O)(O)O)c2cc1C. The smallest absolute Gasteiger partial charge is 0.388 e. The Hall–Kier alpha value is -2.36. The predicted octanol–water partition coefficient (Wildman–Crippen LogP) is -2.02. The summed E-state index contributed by atoms with van der Waals surface area (Å²) in [6.07, 6.45) is -5.83. The Labute approximate surface area is 195 Å². The van der Waals surface area contributed by atoms with Crippen LogP contribution in [0.3, 0.4) is 0 Å². The highest BCUT2D eigenvalue weighted by Gasteiger charge is 2.35. The van der Waals surface area contributed by atoms with Crippen molar-refractivity contribution in [2.24, 2.45) is 0 Å². The van der Waals surface area contributed by atoms with Crippen LogP contribution < -0.4 is 15.8 Å². The van der Waals surface area contributed by atoms with Crippen molar-refractivity contribution in [2.75, 3.05) is 6.61 Å². The second-order valence-electron chi connectivity index (χ2n) is 7.71. The summed E-state index contributed by atoms with van der Waals surface area (Å²) in [6, 6.07) is 3.35. The number of hydrogen-bond donors (Lipinski definition) is 8. The second kappa shape index (κ2) is 9.95. The predicted molar refractivity (Wildman–Crippen MR) is 117 cm³/mol. The molecule has 192 valence electrons. The third kappa shape index (κ3) is 6.45. The van der Waals surface area contributed by atoms with Gasteiger partial charge in [0.05, 0.1) is 6.61 Å². The van der Waals surface area contributed by atoms with Crippen molar-refractivity contribution in [2.45, 2.75) is 38.7 Å². The number of benzene rings is 1. The molecule has 0 aliphatic carbocycles. The first kappa shape index (κ1) is 27.2. The van der Waals surface area contributed by atoms with E-state index in [0.717, 1.165) is 11.1 Å². The molecule has 0 fully saturated rings. The second-order valence-corrected chi connectivity index (χ2v) is 10.5. The minimum Gasteiger partial charge on any atom is -0.388 e.